The van der Waals surface area contributed by atoms with Crippen molar-refractivity contribution in [2.75, 3.05) is 19.6 Å². The van der Waals surface area contributed by atoms with Gasteiger partial charge in [-0.2, -0.15) is 0 Å². The van der Waals surface area contributed by atoms with E-state index in [0.717, 1.165) is 43.7 Å². The molecule has 5 nitrogen and oxygen atoms in total. The van der Waals surface area contributed by atoms with Gasteiger partial charge in [0.2, 0.25) is 5.91 Å². The van der Waals surface area contributed by atoms with Crippen LogP contribution in [0.5, 0.6) is 0 Å². The maximum atomic E-state index is 12.9. The molecular weight excluding hydrogens is 276 g/mol. The molecular formula is C17H26N4O. The van der Waals surface area contributed by atoms with Crippen LogP contribution in [-0.4, -0.2) is 40.0 Å². The molecule has 1 N–H and O–H groups in total. The van der Waals surface area contributed by atoms with Crippen LogP contribution >= 0.6 is 0 Å². The van der Waals surface area contributed by atoms with Crippen molar-refractivity contribution in [2.24, 2.45) is 24.8 Å². The maximum Gasteiger partial charge on any atom is 0.223 e. The highest BCUT2D eigenvalue weighted by atomic mass is 16.2. The fraction of sp³-hybridized carbons (Fsp3) is 0.765. The van der Waals surface area contributed by atoms with Gasteiger partial charge in [0.1, 0.15) is 11.9 Å². The van der Waals surface area contributed by atoms with Gasteiger partial charge in [-0.3, -0.25) is 4.79 Å². The molecule has 4 rings (SSSR count). The van der Waals surface area contributed by atoms with Gasteiger partial charge in [0.15, 0.2) is 0 Å². The van der Waals surface area contributed by atoms with E-state index >= 15 is 0 Å². The lowest BCUT2D eigenvalue weighted by Crippen LogP contribution is -2.49. The first kappa shape index (κ1) is 14.2. The Hall–Kier alpha value is -1.36. The number of carbonyl (C=O) groups excluding carboxylic acids is 1. The SMILES string of the molecule is Cn1ccnc1C1CNCCN1C(=O)CC1CC2CCC1C2. The predicted molar refractivity (Wildman–Crippen MR) is 84.1 cm³/mol. The number of nitrogens with zero attached hydrogens (tertiary/aromatic N) is 3. The van der Waals surface area contributed by atoms with Crippen LogP contribution in [0, 0.1) is 17.8 Å². The van der Waals surface area contributed by atoms with Crippen LogP contribution in [0.25, 0.3) is 0 Å². The molecule has 0 radical (unpaired) electrons. The van der Waals surface area contributed by atoms with Gasteiger partial charge >= 0.3 is 0 Å². The second-order valence-electron chi connectivity index (χ2n) is 7.34. The quantitative estimate of drug-likeness (QED) is 0.925. The van der Waals surface area contributed by atoms with Crippen LogP contribution in [0.15, 0.2) is 12.4 Å². The molecule has 0 spiro atoms. The molecule has 2 bridgehead atoms. The number of aryl methyl sites for hydroxylation is 1. The molecule has 1 aromatic heterocycles. The lowest BCUT2D eigenvalue weighted by Gasteiger charge is -2.37. The number of hydrogen-bond donors (Lipinski definition) is 1. The molecule has 0 aromatic carbocycles. The second kappa shape index (κ2) is 5.69. The summed E-state index contributed by atoms with van der Waals surface area (Å²) < 4.78 is 2.04. The van der Waals surface area contributed by atoms with E-state index in [1.54, 1.807) is 0 Å². The molecule has 2 aliphatic carbocycles. The third-order valence-electron chi connectivity index (χ3n) is 6.04. The Kier molecular flexibility index (Phi) is 3.68. The zero-order chi connectivity index (χ0) is 15.1. The van der Waals surface area contributed by atoms with Gasteiger partial charge in [-0.25, -0.2) is 4.98 Å². The zero-order valence-electron chi connectivity index (χ0n) is 13.4. The van der Waals surface area contributed by atoms with Gasteiger partial charge in [0, 0.05) is 45.5 Å². The topological polar surface area (TPSA) is 50.2 Å². The summed E-state index contributed by atoms with van der Waals surface area (Å²) in [6.45, 7) is 2.51. The van der Waals surface area contributed by atoms with Crippen LogP contribution < -0.4 is 5.32 Å². The number of carbonyl (C=O) groups is 1. The molecule has 1 saturated heterocycles. The van der Waals surface area contributed by atoms with Gasteiger partial charge in [0.05, 0.1) is 0 Å². The number of hydrogen-bond acceptors (Lipinski definition) is 3. The Morgan fingerprint density at radius 3 is 3.00 bits per heavy atom. The van der Waals surface area contributed by atoms with Crippen molar-refractivity contribution in [3.63, 3.8) is 0 Å². The summed E-state index contributed by atoms with van der Waals surface area (Å²) in [5.74, 6) is 3.71. The Bertz CT molecular complexity index is 555. The van der Waals surface area contributed by atoms with Crippen molar-refractivity contribution in [2.45, 2.75) is 38.1 Å². The third kappa shape index (κ3) is 2.45. The smallest absolute Gasteiger partial charge is 0.223 e. The molecule has 1 aromatic rings. The summed E-state index contributed by atoms with van der Waals surface area (Å²) in [6.07, 6.45) is 9.96. The lowest BCUT2D eigenvalue weighted by atomic mass is 9.86. The van der Waals surface area contributed by atoms with Gasteiger partial charge in [-0.05, 0) is 37.0 Å². The molecule has 3 fully saturated rings. The molecule has 2 saturated carbocycles. The van der Waals surface area contributed by atoms with E-state index in [1.165, 1.54) is 25.7 Å². The van der Waals surface area contributed by atoms with E-state index in [4.69, 9.17) is 0 Å². The fourth-order valence-corrected chi connectivity index (χ4v) is 4.90. The predicted octanol–water partition coefficient (Wildman–Crippen LogP) is 1.72. The minimum atomic E-state index is 0.0832. The van der Waals surface area contributed by atoms with Crippen molar-refractivity contribution in [1.82, 2.24) is 19.8 Å². The van der Waals surface area contributed by atoms with Gasteiger partial charge in [0.25, 0.3) is 0 Å². The van der Waals surface area contributed by atoms with Gasteiger partial charge < -0.3 is 14.8 Å². The molecule has 5 heteroatoms. The highest BCUT2D eigenvalue weighted by molar-refractivity contribution is 5.77. The first-order chi connectivity index (χ1) is 10.7. The standard InChI is InChI=1S/C17H26N4O/c1-20-6-5-19-17(20)15-11-18-4-7-21(15)16(22)10-14-9-12-2-3-13(14)8-12/h5-6,12-15,18H,2-4,7-11H2,1H3. The van der Waals surface area contributed by atoms with Crippen molar-refractivity contribution in [1.29, 1.82) is 0 Å². The maximum absolute atomic E-state index is 12.9. The molecule has 4 unspecified atom stereocenters. The zero-order valence-corrected chi connectivity index (χ0v) is 13.4. The summed E-state index contributed by atoms with van der Waals surface area (Å²) >= 11 is 0. The Morgan fingerprint density at radius 1 is 1.41 bits per heavy atom. The summed E-state index contributed by atoms with van der Waals surface area (Å²) in [5.41, 5.74) is 0. The Balaban J connectivity index is 1.47. The summed E-state index contributed by atoms with van der Waals surface area (Å²) in [7, 11) is 2.01. The van der Waals surface area contributed by atoms with E-state index in [9.17, 15) is 4.79 Å². The van der Waals surface area contributed by atoms with Crippen molar-refractivity contribution in [3.8, 4) is 0 Å². The van der Waals surface area contributed by atoms with Crippen molar-refractivity contribution >= 4 is 5.91 Å². The number of amides is 1. The van der Waals surface area contributed by atoms with Crippen LogP contribution in [0.3, 0.4) is 0 Å². The Labute approximate surface area is 132 Å². The molecule has 1 amide bonds. The van der Waals surface area contributed by atoms with E-state index < -0.39 is 0 Å². The van der Waals surface area contributed by atoms with Crippen LogP contribution in [0.2, 0.25) is 0 Å². The normalized spacial score (nSPS) is 34.3. The third-order valence-corrected chi connectivity index (χ3v) is 6.04. The summed E-state index contributed by atoms with van der Waals surface area (Å²) in [5, 5.41) is 3.41. The van der Waals surface area contributed by atoms with Crippen molar-refractivity contribution in [3.05, 3.63) is 18.2 Å². The van der Waals surface area contributed by atoms with Gasteiger partial charge in [-0.1, -0.05) is 6.42 Å². The van der Waals surface area contributed by atoms with E-state index in [-0.39, 0.29) is 6.04 Å². The molecule has 22 heavy (non-hydrogen) atoms. The monoisotopic (exact) mass is 302 g/mol. The molecule has 2 heterocycles. The fourth-order valence-electron chi connectivity index (χ4n) is 4.90. The number of fused-ring (bicyclic) bond motifs is 2. The lowest BCUT2D eigenvalue weighted by molar-refractivity contribution is -0.136. The highest BCUT2D eigenvalue weighted by Crippen LogP contribution is 2.49. The number of imidazole rings is 1. The first-order valence-electron chi connectivity index (χ1n) is 8.69. The van der Waals surface area contributed by atoms with Gasteiger partial charge in [-0.15, -0.1) is 0 Å². The van der Waals surface area contributed by atoms with Crippen LogP contribution in [0.1, 0.15) is 44.0 Å². The van der Waals surface area contributed by atoms with Crippen molar-refractivity contribution < 1.29 is 4.79 Å². The minimum absolute atomic E-state index is 0.0832. The Morgan fingerprint density at radius 2 is 2.32 bits per heavy atom. The highest BCUT2D eigenvalue weighted by Gasteiger charge is 2.41. The molecule has 3 aliphatic rings. The number of piperazine rings is 1. The molecule has 4 atom stereocenters. The average molecular weight is 302 g/mol. The van der Waals surface area contributed by atoms with E-state index in [0.29, 0.717) is 11.8 Å². The van der Waals surface area contributed by atoms with E-state index in [1.807, 2.05) is 24.0 Å². The average Bonchev–Trinajstić information content (AvgIpc) is 3.24. The molecule has 120 valence electrons. The number of aromatic nitrogens is 2. The largest absolute Gasteiger partial charge is 0.336 e. The first-order valence-corrected chi connectivity index (χ1v) is 8.69. The second-order valence-corrected chi connectivity index (χ2v) is 7.34. The van der Waals surface area contributed by atoms with Crippen LogP contribution in [-0.2, 0) is 11.8 Å². The van der Waals surface area contributed by atoms with Crippen LogP contribution in [0.4, 0.5) is 0 Å². The summed E-state index contributed by atoms with van der Waals surface area (Å²) in [6, 6.07) is 0.0832. The summed E-state index contributed by atoms with van der Waals surface area (Å²) in [4.78, 5) is 19.5. The van der Waals surface area contributed by atoms with E-state index in [2.05, 4.69) is 15.2 Å². The minimum Gasteiger partial charge on any atom is -0.336 e. The number of nitrogens with one attached hydrogen (secondary N) is 1. The number of rotatable bonds is 3. The molecule has 1 aliphatic heterocycles.